The van der Waals surface area contributed by atoms with Gasteiger partial charge in [0, 0.05) is 24.2 Å². The average molecular weight is 326 g/mol. The highest BCUT2D eigenvalue weighted by Gasteiger charge is 2.20. The maximum Gasteiger partial charge on any atom is 0.267 e. The Morgan fingerprint density at radius 1 is 1.48 bits per heavy atom. The lowest BCUT2D eigenvalue weighted by atomic mass is 10.2. The van der Waals surface area contributed by atoms with Crippen LogP contribution >= 0.6 is 23.4 Å². The van der Waals surface area contributed by atoms with Gasteiger partial charge in [-0.3, -0.25) is 14.2 Å². The van der Waals surface area contributed by atoms with Gasteiger partial charge in [0.2, 0.25) is 0 Å². The van der Waals surface area contributed by atoms with Crippen molar-refractivity contribution in [2.75, 3.05) is 11.1 Å². The highest BCUT2D eigenvalue weighted by Crippen LogP contribution is 2.21. The first-order valence-corrected chi connectivity index (χ1v) is 7.41. The minimum absolute atomic E-state index is 0.0540. The van der Waals surface area contributed by atoms with Crippen molar-refractivity contribution < 1.29 is 9.18 Å². The highest BCUT2D eigenvalue weighted by molar-refractivity contribution is 7.99. The third-order valence-electron chi connectivity index (χ3n) is 2.98. The Hall–Kier alpha value is -1.86. The monoisotopic (exact) mass is 325 g/mol. The van der Waals surface area contributed by atoms with E-state index in [4.69, 9.17) is 11.6 Å². The van der Waals surface area contributed by atoms with E-state index in [1.165, 1.54) is 34.7 Å². The van der Waals surface area contributed by atoms with Crippen LogP contribution in [-0.4, -0.2) is 21.2 Å². The van der Waals surface area contributed by atoms with Crippen LogP contribution in [0.3, 0.4) is 0 Å². The first kappa shape index (κ1) is 14.1. The van der Waals surface area contributed by atoms with Crippen LogP contribution in [0.1, 0.15) is 10.4 Å². The Bertz CT molecular complexity index is 793. The van der Waals surface area contributed by atoms with E-state index in [1.807, 2.05) is 0 Å². The van der Waals surface area contributed by atoms with Crippen molar-refractivity contribution in [3.05, 3.63) is 51.2 Å². The third kappa shape index (κ3) is 2.66. The van der Waals surface area contributed by atoms with Gasteiger partial charge in [-0.15, -0.1) is 0 Å². The molecule has 8 heteroatoms. The first-order valence-electron chi connectivity index (χ1n) is 6.05. The fourth-order valence-corrected chi connectivity index (χ4v) is 3.04. The van der Waals surface area contributed by atoms with Crippen LogP contribution in [0, 0.1) is 5.82 Å². The van der Waals surface area contributed by atoms with E-state index in [0.29, 0.717) is 17.4 Å². The maximum absolute atomic E-state index is 13.1. The summed E-state index contributed by atoms with van der Waals surface area (Å²) < 4.78 is 14.5. The number of nitrogens with zero attached hydrogens (tertiary/aromatic N) is 2. The van der Waals surface area contributed by atoms with E-state index in [-0.39, 0.29) is 16.1 Å². The number of nitrogens with one attached hydrogen (secondary N) is 1. The number of hydrogen-bond donors (Lipinski definition) is 1. The van der Waals surface area contributed by atoms with Crippen molar-refractivity contribution in [3.8, 4) is 0 Å². The van der Waals surface area contributed by atoms with Gasteiger partial charge in [-0.05, 0) is 18.2 Å². The Morgan fingerprint density at radius 3 is 3.05 bits per heavy atom. The number of amides is 1. The molecule has 1 N–H and O–H groups in total. The van der Waals surface area contributed by atoms with E-state index < -0.39 is 11.7 Å². The smallest absolute Gasteiger partial charge is 0.267 e. The molecule has 0 bridgehead atoms. The fourth-order valence-electron chi connectivity index (χ4n) is 1.95. The van der Waals surface area contributed by atoms with Gasteiger partial charge in [0.15, 0.2) is 5.16 Å². The van der Waals surface area contributed by atoms with Crippen LogP contribution in [0.5, 0.6) is 0 Å². The fraction of sp³-hybridized carbons (Fsp3) is 0.154. The molecule has 0 radical (unpaired) electrons. The van der Waals surface area contributed by atoms with E-state index >= 15 is 0 Å². The third-order valence-corrected chi connectivity index (χ3v) is 4.24. The minimum Gasteiger partial charge on any atom is -0.322 e. The zero-order valence-corrected chi connectivity index (χ0v) is 12.2. The lowest BCUT2D eigenvalue weighted by molar-refractivity contribution is 0.102. The molecule has 1 aliphatic heterocycles. The summed E-state index contributed by atoms with van der Waals surface area (Å²) in [6, 6.07) is 3.79. The van der Waals surface area contributed by atoms with Crippen LogP contribution in [-0.2, 0) is 6.54 Å². The molecular formula is C13H9ClFN3O2S. The predicted octanol–water partition coefficient (Wildman–Crippen LogP) is 2.39. The second kappa shape index (κ2) is 5.50. The molecule has 2 heterocycles. The summed E-state index contributed by atoms with van der Waals surface area (Å²) in [6.45, 7) is 0.537. The molecule has 3 rings (SSSR count). The molecule has 5 nitrogen and oxygen atoms in total. The number of carbonyl (C=O) groups is 1. The van der Waals surface area contributed by atoms with Gasteiger partial charge in [-0.1, -0.05) is 23.4 Å². The molecule has 0 aliphatic carbocycles. The normalized spacial score (nSPS) is 13.0. The number of hydrogen-bond acceptors (Lipinski definition) is 4. The standard InChI is InChI=1S/C13H9ClFN3O2S/c14-9-5-7(1-2-10(9)15)17-11(19)8-6-16-13-18(12(8)20)3-4-21-13/h1-2,5-6H,3-4H2,(H,17,19). The number of rotatable bonds is 2. The number of thioether (sulfide) groups is 1. The van der Waals surface area contributed by atoms with Gasteiger partial charge in [0.25, 0.3) is 11.5 Å². The largest absolute Gasteiger partial charge is 0.322 e. The summed E-state index contributed by atoms with van der Waals surface area (Å²) in [5.41, 5.74) is -0.122. The van der Waals surface area contributed by atoms with Gasteiger partial charge in [0.1, 0.15) is 11.4 Å². The molecule has 1 aromatic carbocycles. The Labute approximate surface area is 128 Å². The van der Waals surface area contributed by atoms with Gasteiger partial charge >= 0.3 is 0 Å². The molecule has 0 atom stereocenters. The molecular weight excluding hydrogens is 317 g/mol. The molecule has 0 saturated heterocycles. The van der Waals surface area contributed by atoms with Gasteiger partial charge in [0.05, 0.1) is 5.02 Å². The lowest BCUT2D eigenvalue weighted by Gasteiger charge is -2.07. The van der Waals surface area contributed by atoms with Crippen LogP contribution in [0.2, 0.25) is 5.02 Å². The number of aromatic nitrogens is 2. The van der Waals surface area contributed by atoms with Crippen molar-refractivity contribution in [2.45, 2.75) is 11.7 Å². The summed E-state index contributed by atoms with van der Waals surface area (Å²) in [5.74, 6) is -0.408. The second-order valence-electron chi connectivity index (χ2n) is 4.34. The molecule has 2 aromatic rings. The van der Waals surface area contributed by atoms with Gasteiger partial charge < -0.3 is 5.32 Å². The molecule has 108 valence electrons. The van der Waals surface area contributed by atoms with E-state index in [9.17, 15) is 14.0 Å². The number of fused-ring (bicyclic) bond motifs is 1. The van der Waals surface area contributed by atoms with Crippen LogP contribution in [0.4, 0.5) is 10.1 Å². The molecule has 0 saturated carbocycles. The van der Waals surface area contributed by atoms with Crippen molar-refractivity contribution >= 4 is 35.0 Å². The zero-order chi connectivity index (χ0) is 15.0. The van der Waals surface area contributed by atoms with Gasteiger partial charge in [-0.2, -0.15) is 0 Å². The van der Waals surface area contributed by atoms with Crippen molar-refractivity contribution in [3.63, 3.8) is 0 Å². The molecule has 0 fully saturated rings. The summed E-state index contributed by atoms with van der Waals surface area (Å²) in [4.78, 5) is 28.4. The van der Waals surface area contributed by atoms with Crippen molar-refractivity contribution in [1.82, 2.24) is 9.55 Å². The number of carbonyl (C=O) groups excluding carboxylic acids is 1. The molecule has 0 spiro atoms. The summed E-state index contributed by atoms with van der Waals surface area (Å²) in [6.07, 6.45) is 1.26. The van der Waals surface area contributed by atoms with Crippen molar-refractivity contribution in [1.29, 1.82) is 0 Å². The Balaban J connectivity index is 1.89. The van der Waals surface area contributed by atoms with Gasteiger partial charge in [-0.25, -0.2) is 9.37 Å². The van der Waals surface area contributed by atoms with Crippen LogP contribution < -0.4 is 10.9 Å². The Morgan fingerprint density at radius 2 is 2.29 bits per heavy atom. The zero-order valence-electron chi connectivity index (χ0n) is 10.6. The molecule has 1 aliphatic rings. The maximum atomic E-state index is 13.1. The summed E-state index contributed by atoms with van der Waals surface area (Å²) in [7, 11) is 0. The topological polar surface area (TPSA) is 64.0 Å². The number of anilines is 1. The van der Waals surface area contributed by atoms with E-state index in [2.05, 4.69) is 10.3 Å². The predicted molar refractivity (Wildman–Crippen MR) is 78.6 cm³/mol. The Kier molecular flexibility index (Phi) is 3.69. The number of halogens is 2. The molecule has 1 amide bonds. The van der Waals surface area contributed by atoms with Crippen LogP contribution in [0.25, 0.3) is 0 Å². The molecule has 0 unspecified atom stereocenters. The van der Waals surface area contributed by atoms with Crippen molar-refractivity contribution in [2.24, 2.45) is 0 Å². The van der Waals surface area contributed by atoms with Crippen LogP contribution in [0.15, 0.2) is 34.3 Å². The summed E-state index contributed by atoms with van der Waals surface area (Å²) >= 11 is 7.12. The van der Waals surface area contributed by atoms with E-state index in [0.717, 1.165) is 11.8 Å². The second-order valence-corrected chi connectivity index (χ2v) is 5.81. The molecule has 21 heavy (non-hydrogen) atoms. The van der Waals surface area contributed by atoms with E-state index in [1.54, 1.807) is 0 Å². The SMILES string of the molecule is O=C(Nc1ccc(F)c(Cl)c1)c1cnc2n(c1=O)CCS2. The average Bonchev–Trinajstić information content (AvgIpc) is 2.92. The highest BCUT2D eigenvalue weighted by atomic mass is 35.5. The minimum atomic E-state index is -0.595. The molecule has 1 aromatic heterocycles. The first-order chi connectivity index (χ1) is 10.1. The number of benzene rings is 1. The summed E-state index contributed by atoms with van der Waals surface area (Å²) in [5, 5.41) is 3.02. The quantitative estimate of drug-likeness (QED) is 0.861. The lowest BCUT2D eigenvalue weighted by Crippen LogP contribution is -2.29.